The molecule has 1 saturated heterocycles. The van der Waals surface area contributed by atoms with Gasteiger partial charge in [-0.25, -0.2) is 9.78 Å². The topological polar surface area (TPSA) is 200 Å². The summed E-state index contributed by atoms with van der Waals surface area (Å²) in [5, 5.41) is 11.3. The number of aromatic nitrogens is 1. The van der Waals surface area contributed by atoms with E-state index in [0.717, 1.165) is 31.5 Å². The van der Waals surface area contributed by atoms with Gasteiger partial charge in [0.1, 0.15) is 18.3 Å². The second-order valence-electron chi connectivity index (χ2n) is 15.0. The largest absolute Gasteiger partial charge is 0.464 e. The number of carbonyl (C=O) groups is 5. The van der Waals surface area contributed by atoms with Gasteiger partial charge in [-0.05, 0) is 77.6 Å². The Morgan fingerprint density at radius 2 is 1.72 bits per heavy atom. The van der Waals surface area contributed by atoms with Crippen LogP contribution in [0.25, 0.3) is 17.2 Å². The van der Waals surface area contributed by atoms with Crippen molar-refractivity contribution in [3.05, 3.63) is 94.3 Å². The van der Waals surface area contributed by atoms with E-state index in [0.29, 0.717) is 54.5 Å². The number of pyridine rings is 1. The summed E-state index contributed by atoms with van der Waals surface area (Å²) in [7, 11) is 0. The van der Waals surface area contributed by atoms with Crippen LogP contribution in [0.5, 0.6) is 0 Å². The molecule has 0 radical (unpaired) electrons. The first-order valence-corrected chi connectivity index (χ1v) is 19.6. The molecule has 0 bridgehead atoms. The monoisotopic (exact) mass is 795 g/mol. The number of Topliss-reactive ketones (excluding diaryl/α,β-unsaturated/α-hetero) is 1. The zero-order chi connectivity index (χ0) is 41.9. The summed E-state index contributed by atoms with van der Waals surface area (Å²) in [5.41, 5.74) is 9.23. The molecule has 1 aromatic heterocycles. The van der Waals surface area contributed by atoms with Crippen LogP contribution < -0.4 is 11.1 Å². The van der Waals surface area contributed by atoms with Crippen LogP contribution in [0.2, 0.25) is 0 Å². The molecule has 308 valence electrons. The Labute approximate surface area is 339 Å². The molecule has 5 rings (SSSR count). The Bertz CT molecular complexity index is 2020. The number of carbonyl (C=O) groups excluding carboxylic acids is 5. The highest BCUT2D eigenvalue weighted by Gasteiger charge is 2.28. The molecule has 2 heterocycles. The molecule has 2 fully saturated rings. The predicted molar refractivity (Wildman–Crippen MR) is 217 cm³/mol. The van der Waals surface area contributed by atoms with Gasteiger partial charge < -0.3 is 35.4 Å². The number of rotatable bonds is 19. The molecule has 2 aliphatic rings. The number of morpholine rings is 1. The molecule has 14 heteroatoms. The molecule has 1 amide bonds. The summed E-state index contributed by atoms with van der Waals surface area (Å²) in [6.45, 7) is 14.9. The summed E-state index contributed by atoms with van der Waals surface area (Å²) < 4.78 is 21.5. The fourth-order valence-corrected chi connectivity index (χ4v) is 6.27. The van der Waals surface area contributed by atoms with Crippen molar-refractivity contribution in [3.63, 3.8) is 0 Å². The lowest BCUT2D eigenvalue weighted by molar-refractivity contribution is -0.168. The number of amides is 1. The number of esters is 3. The molecular formula is C44H53N5O9. The third-order valence-corrected chi connectivity index (χ3v) is 10.1. The Morgan fingerprint density at radius 3 is 2.38 bits per heavy atom. The molecule has 2 atom stereocenters. The molecule has 1 aliphatic carbocycles. The lowest BCUT2D eigenvalue weighted by atomic mass is 9.89. The van der Waals surface area contributed by atoms with Crippen molar-refractivity contribution in [1.82, 2.24) is 15.2 Å². The summed E-state index contributed by atoms with van der Waals surface area (Å²) in [5.74, 6) is -2.79. The molecule has 14 nitrogen and oxygen atoms in total. The van der Waals surface area contributed by atoms with E-state index >= 15 is 0 Å². The highest BCUT2D eigenvalue weighted by atomic mass is 16.7. The highest BCUT2D eigenvalue weighted by molar-refractivity contribution is 6.09. The number of hydrogen-bond acceptors (Lipinski definition) is 13. The van der Waals surface area contributed by atoms with Crippen LogP contribution in [0, 0.1) is 24.2 Å². The second-order valence-corrected chi connectivity index (χ2v) is 15.0. The maximum atomic E-state index is 14.2. The van der Waals surface area contributed by atoms with Gasteiger partial charge >= 0.3 is 17.9 Å². The van der Waals surface area contributed by atoms with Crippen LogP contribution >= 0.6 is 0 Å². The predicted octanol–water partition coefficient (Wildman–Crippen LogP) is 4.93. The number of nitrogens with zero attached hydrogens (tertiary/aromatic N) is 2. The molecule has 0 spiro atoms. The van der Waals surface area contributed by atoms with Crippen molar-refractivity contribution >= 4 is 41.4 Å². The molecule has 1 saturated carbocycles. The number of ether oxygens (including phenoxy) is 4. The normalized spacial score (nSPS) is 15.2. The molecule has 2 aromatic carbocycles. The van der Waals surface area contributed by atoms with E-state index in [4.69, 9.17) is 30.1 Å². The number of nitrogens with two attached hydrogens (primary N) is 1. The standard InChI is InChI=1S/C44H53N5O9/c1-6-31-23-35(38(50)22-29-9-11-32(12-10-29)36(45)24-39(51)56-20-17-49-15-18-55-19-16-49)34(21-27(31)4)33-13-14-37(42(52)47-25-30-7-8-30)48-41(33)44(54)58-28(5)57-43(53)40(46)26(2)3/h6,9-14,21,23,26,28,30,40,45H,1,7-8,15-20,22,24-25,46H2,2-5H3,(H,47,52)/t28?,40-/m0/s1. The van der Waals surface area contributed by atoms with Crippen molar-refractivity contribution in [1.29, 1.82) is 5.41 Å². The van der Waals surface area contributed by atoms with Crippen molar-refractivity contribution in [2.24, 2.45) is 17.6 Å². The number of benzene rings is 2. The van der Waals surface area contributed by atoms with Gasteiger partial charge in [0.15, 0.2) is 11.5 Å². The minimum Gasteiger partial charge on any atom is -0.464 e. The van der Waals surface area contributed by atoms with Crippen LogP contribution in [0.4, 0.5) is 0 Å². The Hall–Kier alpha value is -5.57. The lowest BCUT2D eigenvalue weighted by Gasteiger charge is -2.26. The van der Waals surface area contributed by atoms with Gasteiger partial charge in [0, 0.05) is 56.4 Å². The maximum Gasteiger partial charge on any atom is 0.360 e. The van der Waals surface area contributed by atoms with Gasteiger partial charge in [-0.1, -0.05) is 56.8 Å². The molecule has 1 unspecified atom stereocenters. The molecule has 1 aliphatic heterocycles. The van der Waals surface area contributed by atoms with E-state index in [1.165, 1.54) is 13.0 Å². The highest BCUT2D eigenvalue weighted by Crippen LogP contribution is 2.32. The first kappa shape index (κ1) is 43.6. The van der Waals surface area contributed by atoms with Gasteiger partial charge in [-0.3, -0.25) is 24.1 Å². The van der Waals surface area contributed by atoms with Crippen LogP contribution in [-0.2, 0) is 35.0 Å². The first-order valence-electron chi connectivity index (χ1n) is 19.6. The quantitative estimate of drug-likeness (QED) is 0.0641. The van der Waals surface area contributed by atoms with Crippen molar-refractivity contribution in [2.45, 2.75) is 65.7 Å². The van der Waals surface area contributed by atoms with Crippen LogP contribution in [-0.4, -0.2) is 104 Å². The van der Waals surface area contributed by atoms with E-state index in [1.807, 2.05) is 6.92 Å². The summed E-state index contributed by atoms with van der Waals surface area (Å²) in [6.07, 6.45) is 2.11. The first-order chi connectivity index (χ1) is 27.7. The van der Waals surface area contributed by atoms with Gasteiger partial charge in [-0.15, -0.1) is 0 Å². The minimum absolute atomic E-state index is 0.0259. The van der Waals surface area contributed by atoms with Gasteiger partial charge in [-0.2, -0.15) is 0 Å². The van der Waals surface area contributed by atoms with Crippen molar-refractivity contribution < 1.29 is 42.9 Å². The molecule has 4 N–H and O–H groups in total. The minimum atomic E-state index is -1.34. The second kappa shape index (κ2) is 20.2. The third-order valence-electron chi connectivity index (χ3n) is 10.1. The van der Waals surface area contributed by atoms with Crippen molar-refractivity contribution in [2.75, 3.05) is 46.0 Å². The molecule has 58 heavy (non-hydrogen) atoms. The fraction of sp³-hybridized carbons (Fsp3) is 0.432. The number of ketones is 1. The average molecular weight is 796 g/mol. The lowest BCUT2D eigenvalue weighted by Crippen LogP contribution is -2.39. The molecular weight excluding hydrogens is 743 g/mol. The zero-order valence-corrected chi connectivity index (χ0v) is 33.6. The zero-order valence-electron chi connectivity index (χ0n) is 33.6. The Morgan fingerprint density at radius 1 is 1.02 bits per heavy atom. The molecule has 3 aromatic rings. The number of hydrogen-bond donors (Lipinski definition) is 3. The third kappa shape index (κ3) is 12.0. The number of nitrogens with one attached hydrogen (secondary N) is 2. The van der Waals surface area contributed by atoms with E-state index < -0.39 is 36.1 Å². The van der Waals surface area contributed by atoms with Gasteiger partial charge in [0.25, 0.3) is 5.91 Å². The van der Waals surface area contributed by atoms with E-state index in [-0.39, 0.29) is 59.4 Å². The Kier molecular flexibility index (Phi) is 15.2. The summed E-state index contributed by atoms with van der Waals surface area (Å²) in [4.78, 5) is 72.7. The number of aryl methyl sites for hydroxylation is 1. The summed E-state index contributed by atoms with van der Waals surface area (Å²) in [6, 6.07) is 12.4. The maximum absolute atomic E-state index is 14.2. The van der Waals surface area contributed by atoms with E-state index in [9.17, 15) is 24.0 Å². The SMILES string of the molecule is C=Cc1cc(C(=O)Cc2ccc(C(=N)CC(=O)OCCN3CCOCC3)cc2)c(-c2ccc(C(=O)NCC3CC3)nc2C(=O)OC(C)OC(=O)[C@@H](N)C(C)C)cc1C. The Balaban J connectivity index is 1.36. The van der Waals surface area contributed by atoms with Crippen molar-refractivity contribution in [3.8, 4) is 11.1 Å². The average Bonchev–Trinajstić information content (AvgIpc) is 4.04. The summed E-state index contributed by atoms with van der Waals surface area (Å²) >= 11 is 0. The van der Waals surface area contributed by atoms with Crippen LogP contribution in [0.3, 0.4) is 0 Å². The van der Waals surface area contributed by atoms with E-state index in [2.05, 4.69) is 21.8 Å². The van der Waals surface area contributed by atoms with Crippen LogP contribution in [0.15, 0.2) is 55.1 Å². The van der Waals surface area contributed by atoms with Crippen LogP contribution in [0.1, 0.15) is 93.6 Å². The van der Waals surface area contributed by atoms with Gasteiger partial charge in [0.2, 0.25) is 6.29 Å². The smallest absolute Gasteiger partial charge is 0.360 e. The van der Waals surface area contributed by atoms with E-state index in [1.54, 1.807) is 62.4 Å². The van der Waals surface area contributed by atoms with Gasteiger partial charge in [0.05, 0.1) is 19.6 Å². The fourth-order valence-electron chi connectivity index (χ4n) is 6.27.